The number of hydrogen-bond acceptors (Lipinski definition) is 6. The Bertz CT molecular complexity index is 1240. The van der Waals surface area contributed by atoms with Crippen LogP contribution in [-0.2, 0) is 16.0 Å². The van der Waals surface area contributed by atoms with E-state index in [1.54, 1.807) is 18.2 Å². The molecule has 8 nitrogen and oxygen atoms in total. The van der Waals surface area contributed by atoms with Crippen LogP contribution in [-0.4, -0.2) is 45.8 Å². The first-order valence-electron chi connectivity index (χ1n) is 11.6. The summed E-state index contributed by atoms with van der Waals surface area (Å²) in [6, 6.07) is 21.5. The molecule has 180 valence electrons. The Morgan fingerprint density at radius 2 is 1.74 bits per heavy atom. The van der Waals surface area contributed by atoms with Gasteiger partial charge in [0, 0.05) is 50.3 Å². The maximum atomic E-state index is 12.7. The first kappa shape index (κ1) is 22.6. The third kappa shape index (κ3) is 4.73. The van der Waals surface area contributed by atoms with Crippen LogP contribution in [0.4, 0.5) is 17.1 Å². The molecule has 0 bridgehead atoms. The number of rotatable bonds is 6. The van der Waals surface area contributed by atoms with Gasteiger partial charge in [0.05, 0.1) is 6.04 Å². The molecular weight excluding hydrogens is 444 g/mol. The zero-order valence-corrected chi connectivity index (χ0v) is 19.8. The number of nitrogens with one attached hydrogen (secondary N) is 2. The molecule has 0 fully saturated rings. The van der Waals surface area contributed by atoms with Crippen molar-refractivity contribution in [1.82, 2.24) is 5.32 Å². The van der Waals surface area contributed by atoms with Gasteiger partial charge in [-0.3, -0.25) is 9.59 Å². The molecule has 1 atom stereocenters. The molecule has 2 N–H and O–H groups in total. The molecule has 2 aliphatic rings. The molecule has 0 saturated heterocycles. The molecule has 2 amide bonds. The van der Waals surface area contributed by atoms with E-state index in [1.807, 2.05) is 31.1 Å². The normalized spacial score (nSPS) is 14.3. The molecule has 3 aromatic carbocycles. The largest absolute Gasteiger partial charge is 0.454 e. The molecule has 0 aromatic heterocycles. The van der Waals surface area contributed by atoms with E-state index >= 15 is 0 Å². The summed E-state index contributed by atoms with van der Waals surface area (Å²) in [6.07, 6.45) is 0.945. The summed E-state index contributed by atoms with van der Waals surface area (Å²) in [5.74, 6) is -0.268. The molecule has 35 heavy (non-hydrogen) atoms. The van der Waals surface area contributed by atoms with E-state index in [1.165, 1.54) is 5.56 Å². The summed E-state index contributed by atoms with van der Waals surface area (Å²) in [4.78, 5) is 29.7. The minimum absolute atomic E-state index is 0.114. The molecule has 5 rings (SSSR count). The molecule has 2 aliphatic heterocycles. The summed E-state index contributed by atoms with van der Waals surface area (Å²) in [5.41, 5.74) is 5.09. The van der Waals surface area contributed by atoms with E-state index in [2.05, 4.69) is 51.9 Å². The summed E-state index contributed by atoms with van der Waals surface area (Å²) in [7, 11) is 4.00. The fourth-order valence-electron chi connectivity index (χ4n) is 4.52. The minimum Gasteiger partial charge on any atom is -0.454 e. The lowest BCUT2D eigenvalue weighted by atomic mass is 10.0. The third-order valence-corrected chi connectivity index (χ3v) is 6.39. The summed E-state index contributed by atoms with van der Waals surface area (Å²) < 4.78 is 10.6. The first-order valence-corrected chi connectivity index (χ1v) is 11.6. The van der Waals surface area contributed by atoms with Gasteiger partial charge in [-0.15, -0.1) is 0 Å². The van der Waals surface area contributed by atoms with E-state index in [4.69, 9.17) is 9.47 Å². The smallest absolute Gasteiger partial charge is 0.313 e. The van der Waals surface area contributed by atoms with Gasteiger partial charge in [0.2, 0.25) is 6.79 Å². The van der Waals surface area contributed by atoms with Crippen LogP contribution in [0.25, 0.3) is 0 Å². The fourth-order valence-corrected chi connectivity index (χ4v) is 4.52. The highest BCUT2D eigenvalue weighted by Gasteiger charge is 2.28. The Balaban J connectivity index is 1.31. The van der Waals surface area contributed by atoms with Crippen molar-refractivity contribution in [2.75, 3.05) is 49.1 Å². The van der Waals surface area contributed by atoms with Crippen molar-refractivity contribution in [2.45, 2.75) is 12.5 Å². The van der Waals surface area contributed by atoms with Crippen LogP contribution in [0.3, 0.4) is 0 Å². The van der Waals surface area contributed by atoms with Crippen LogP contribution in [0.15, 0.2) is 66.7 Å². The van der Waals surface area contributed by atoms with Gasteiger partial charge in [-0.1, -0.05) is 30.3 Å². The van der Waals surface area contributed by atoms with Crippen molar-refractivity contribution < 1.29 is 19.1 Å². The third-order valence-electron chi connectivity index (χ3n) is 6.39. The lowest BCUT2D eigenvalue weighted by Crippen LogP contribution is -2.41. The van der Waals surface area contributed by atoms with Gasteiger partial charge in [-0.05, 0) is 47.9 Å². The van der Waals surface area contributed by atoms with Crippen molar-refractivity contribution in [3.05, 3.63) is 77.9 Å². The van der Waals surface area contributed by atoms with Gasteiger partial charge in [-0.2, -0.15) is 0 Å². The first-order chi connectivity index (χ1) is 17.0. The number of fused-ring (bicyclic) bond motifs is 2. The number of carbonyl (C=O) groups excluding carboxylic acids is 2. The molecule has 0 spiro atoms. The Labute approximate surface area is 204 Å². The number of benzene rings is 3. The van der Waals surface area contributed by atoms with Crippen molar-refractivity contribution in [3.63, 3.8) is 0 Å². The van der Waals surface area contributed by atoms with Crippen LogP contribution in [0.2, 0.25) is 0 Å². The van der Waals surface area contributed by atoms with Crippen molar-refractivity contribution in [3.8, 4) is 11.5 Å². The van der Waals surface area contributed by atoms with Crippen molar-refractivity contribution in [1.29, 1.82) is 0 Å². The maximum absolute atomic E-state index is 12.7. The van der Waals surface area contributed by atoms with E-state index < -0.39 is 11.8 Å². The SMILES string of the molecule is CN(C)c1ccc([C@H](CNC(=O)C(=O)Nc2ccc3c(c2)OCO3)N2CCc3ccccc32)cc1. The van der Waals surface area contributed by atoms with Crippen LogP contribution in [0, 0.1) is 0 Å². The van der Waals surface area contributed by atoms with Gasteiger partial charge < -0.3 is 29.9 Å². The van der Waals surface area contributed by atoms with Crippen LogP contribution < -0.4 is 29.9 Å². The Morgan fingerprint density at radius 3 is 2.54 bits per heavy atom. The second-order valence-corrected chi connectivity index (χ2v) is 8.81. The van der Waals surface area contributed by atoms with E-state index in [9.17, 15) is 9.59 Å². The highest BCUT2D eigenvalue weighted by molar-refractivity contribution is 6.39. The standard InChI is InChI=1S/C27H28N4O4/c1-30(2)21-10-7-19(8-11-21)23(31-14-13-18-5-3-4-6-22(18)31)16-28-26(32)27(33)29-20-9-12-24-25(15-20)35-17-34-24/h3-12,15,23H,13-14,16-17H2,1-2H3,(H,28,32)(H,29,33)/t23-/m0/s1. The summed E-state index contributed by atoms with van der Waals surface area (Å²) >= 11 is 0. The second kappa shape index (κ2) is 9.58. The van der Waals surface area contributed by atoms with Crippen LogP contribution in [0.5, 0.6) is 11.5 Å². The number of ether oxygens (including phenoxy) is 2. The quantitative estimate of drug-likeness (QED) is 0.536. The highest BCUT2D eigenvalue weighted by Crippen LogP contribution is 2.36. The number of amides is 2. The average Bonchev–Trinajstić information content (AvgIpc) is 3.51. The maximum Gasteiger partial charge on any atom is 0.313 e. The Morgan fingerprint density at radius 1 is 0.971 bits per heavy atom. The predicted octanol–water partition coefficient (Wildman–Crippen LogP) is 3.34. The van der Waals surface area contributed by atoms with Gasteiger partial charge in [0.25, 0.3) is 0 Å². The summed E-state index contributed by atoms with van der Waals surface area (Å²) in [6.45, 7) is 1.28. The Hall–Kier alpha value is -4.20. The van der Waals surface area contributed by atoms with Crippen LogP contribution in [0.1, 0.15) is 17.2 Å². The number of anilines is 3. The molecule has 0 aliphatic carbocycles. The average molecular weight is 473 g/mol. The molecule has 3 aromatic rings. The predicted molar refractivity (Wildman–Crippen MR) is 135 cm³/mol. The number of carbonyl (C=O) groups is 2. The van der Waals surface area contributed by atoms with E-state index in [-0.39, 0.29) is 12.8 Å². The number of hydrogen-bond donors (Lipinski definition) is 2. The lowest BCUT2D eigenvalue weighted by molar-refractivity contribution is -0.136. The van der Waals surface area contributed by atoms with Gasteiger partial charge in [-0.25, -0.2) is 0 Å². The number of nitrogens with zero attached hydrogens (tertiary/aromatic N) is 2. The highest BCUT2D eigenvalue weighted by atomic mass is 16.7. The molecule has 2 heterocycles. The van der Waals surface area contributed by atoms with E-state index in [0.717, 1.165) is 29.9 Å². The fraction of sp³-hybridized carbons (Fsp3) is 0.259. The number of para-hydroxylation sites is 1. The van der Waals surface area contributed by atoms with E-state index in [0.29, 0.717) is 23.7 Å². The molecule has 0 saturated carbocycles. The summed E-state index contributed by atoms with van der Waals surface area (Å²) in [5, 5.41) is 5.47. The molecule has 0 radical (unpaired) electrons. The zero-order chi connectivity index (χ0) is 24.4. The van der Waals surface area contributed by atoms with Crippen LogP contribution >= 0.6 is 0 Å². The minimum atomic E-state index is -0.729. The van der Waals surface area contributed by atoms with Gasteiger partial charge in [0.15, 0.2) is 11.5 Å². The molecule has 0 unspecified atom stereocenters. The van der Waals surface area contributed by atoms with Gasteiger partial charge in [0.1, 0.15) is 0 Å². The molecular formula is C27H28N4O4. The van der Waals surface area contributed by atoms with Crippen molar-refractivity contribution in [2.24, 2.45) is 0 Å². The monoisotopic (exact) mass is 472 g/mol. The second-order valence-electron chi connectivity index (χ2n) is 8.81. The molecule has 8 heteroatoms. The lowest BCUT2D eigenvalue weighted by Gasteiger charge is -2.31. The van der Waals surface area contributed by atoms with Gasteiger partial charge >= 0.3 is 11.8 Å². The zero-order valence-electron chi connectivity index (χ0n) is 19.8. The topological polar surface area (TPSA) is 83.1 Å². The Kier molecular flexibility index (Phi) is 6.18. The van der Waals surface area contributed by atoms with Crippen molar-refractivity contribution >= 4 is 28.9 Å².